The Hall–Kier alpha value is -1.98. The second kappa shape index (κ2) is 7.50. The molecule has 1 amide bonds. The Labute approximate surface area is 145 Å². The van der Waals surface area contributed by atoms with Gasteiger partial charge in [0.15, 0.2) is 11.6 Å². The molecule has 136 valence electrons. The van der Waals surface area contributed by atoms with E-state index in [-0.39, 0.29) is 17.7 Å². The number of benzene rings is 1. The lowest BCUT2D eigenvalue weighted by molar-refractivity contribution is -0.141. The number of likely N-dealkylation sites (tertiary alicyclic amines) is 1. The van der Waals surface area contributed by atoms with Gasteiger partial charge in [0.05, 0.1) is 5.92 Å². The van der Waals surface area contributed by atoms with Crippen LogP contribution in [-0.2, 0) is 16.0 Å². The van der Waals surface area contributed by atoms with E-state index in [2.05, 4.69) is 0 Å². The number of hydrogen-bond acceptors (Lipinski definition) is 2. The average molecular weight is 351 g/mol. The fourth-order valence-corrected chi connectivity index (χ4v) is 4.05. The van der Waals surface area contributed by atoms with Gasteiger partial charge in [0.1, 0.15) is 0 Å². The molecule has 1 aliphatic carbocycles. The molecule has 2 aliphatic rings. The summed E-state index contributed by atoms with van der Waals surface area (Å²) in [7, 11) is 0. The summed E-state index contributed by atoms with van der Waals surface area (Å²) in [5, 5.41) is 9.06. The van der Waals surface area contributed by atoms with Crippen LogP contribution in [0.5, 0.6) is 0 Å². The molecule has 4 nitrogen and oxygen atoms in total. The van der Waals surface area contributed by atoms with Crippen molar-refractivity contribution in [1.82, 2.24) is 4.90 Å². The molecular formula is C19H23F2NO3. The van der Waals surface area contributed by atoms with Crippen molar-refractivity contribution in [2.75, 3.05) is 13.1 Å². The number of aliphatic carboxylic acids is 1. The predicted molar refractivity (Wildman–Crippen MR) is 87.8 cm³/mol. The summed E-state index contributed by atoms with van der Waals surface area (Å²) in [6, 6.07) is 4.01. The van der Waals surface area contributed by atoms with Gasteiger partial charge in [-0.1, -0.05) is 6.07 Å². The fourth-order valence-electron chi connectivity index (χ4n) is 4.05. The number of piperidine rings is 1. The summed E-state index contributed by atoms with van der Waals surface area (Å²) < 4.78 is 26.3. The van der Waals surface area contributed by atoms with E-state index in [0.29, 0.717) is 44.7 Å². The number of rotatable bonds is 4. The van der Waals surface area contributed by atoms with Gasteiger partial charge < -0.3 is 10.0 Å². The molecule has 25 heavy (non-hydrogen) atoms. The first-order valence-corrected chi connectivity index (χ1v) is 8.89. The van der Waals surface area contributed by atoms with Crippen LogP contribution in [0.1, 0.15) is 37.7 Å². The third-order valence-corrected chi connectivity index (χ3v) is 5.57. The van der Waals surface area contributed by atoms with Crippen molar-refractivity contribution in [1.29, 1.82) is 0 Å². The van der Waals surface area contributed by atoms with E-state index >= 15 is 0 Å². The highest BCUT2D eigenvalue weighted by molar-refractivity contribution is 5.81. The smallest absolute Gasteiger partial charge is 0.306 e. The Morgan fingerprint density at radius 1 is 1.04 bits per heavy atom. The van der Waals surface area contributed by atoms with Gasteiger partial charge in [-0.25, -0.2) is 8.78 Å². The Kier molecular flexibility index (Phi) is 5.35. The highest BCUT2D eigenvalue weighted by atomic mass is 19.2. The van der Waals surface area contributed by atoms with Gasteiger partial charge in [-0.05, 0) is 62.1 Å². The molecule has 3 rings (SSSR count). The highest BCUT2D eigenvalue weighted by Gasteiger charge is 2.36. The van der Waals surface area contributed by atoms with Crippen LogP contribution < -0.4 is 0 Å². The van der Waals surface area contributed by atoms with Gasteiger partial charge in [0.2, 0.25) is 5.91 Å². The largest absolute Gasteiger partial charge is 0.481 e. The lowest BCUT2D eigenvalue weighted by Crippen LogP contribution is -2.41. The van der Waals surface area contributed by atoms with Crippen LogP contribution in [0.25, 0.3) is 0 Å². The predicted octanol–water partition coefficient (Wildman–Crippen LogP) is 3.25. The first kappa shape index (κ1) is 17.8. The van der Waals surface area contributed by atoms with E-state index in [9.17, 15) is 18.4 Å². The van der Waals surface area contributed by atoms with Crippen LogP contribution in [0, 0.1) is 29.4 Å². The lowest BCUT2D eigenvalue weighted by atomic mass is 9.89. The first-order chi connectivity index (χ1) is 11.9. The number of carbonyl (C=O) groups excluding carboxylic acids is 1. The molecule has 2 fully saturated rings. The van der Waals surface area contributed by atoms with Gasteiger partial charge in [-0.2, -0.15) is 0 Å². The number of hydrogen-bond donors (Lipinski definition) is 1. The van der Waals surface area contributed by atoms with E-state index in [4.69, 9.17) is 5.11 Å². The molecule has 0 radical (unpaired) electrons. The van der Waals surface area contributed by atoms with Crippen LogP contribution in [0.15, 0.2) is 18.2 Å². The second-order valence-electron chi connectivity index (χ2n) is 7.27. The van der Waals surface area contributed by atoms with Crippen molar-refractivity contribution in [3.8, 4) is 0 Å². The standard InChI is InChI=1S/C19H23F2NO3/c20-16-4-1-13(10-17(16)21)9-12-5-7-22(8-6-12)18(23)14-2-3-15(11-14)19(24)25/h1,4,10,12,14-15H,2-3,5-9,11H2,(H,24,25)/t14-,15+/m0/s1. The Bertz CT molecular complexity index is 656. The van der Waals surface area contributed by atoms with Gasteiger partial charge >= 0.3 is 5.97 Å². The zero-order valence-corrected chi connectivity index (χ0v) is 14.1. The number of carbonyl (C=O) groups is 2. The quantitative estimate of drug-likeness (QED) is 0.906. The molecule has 1 saturated carbocycles. The van der Waals surface area contributed by atoms with Crippen LogP contribution in [0.3, 0.4) is 0 Å². The van der Waals surface area contributed by atoms with Crippen molar-refractivity contribution in [3.63, 3.8) is 0 Å². The van der Waals surface area contributed by atoms with Gasteiger partial charge in [0, 0.05) is 19.0 Å². The third-order valence-electron chi connectivity index (χ3n) is 5.57. The Morgan fingerprint density at radius 3 is 2.32 bits per heavy atom. The molecule has 1 heterocycles. The van der Waals surface area contributed by atoms with Crippen molar-refractivity contribution in [2.24, 2.45) is 17.8 Å². The molecule has 1 N–H and O–H groups in total. The SMILES string of the molecule is O=C(O)[C@@H]1CC[C@H](C(=O)N2CCC(Cc3ccc(F)c(F)c3)CC2)C1. The molecule has 0 aromatic heterocycles. The Balaban J connectivity index is 1.49. The molecule has 0 bridgehead atoms. The third kappa shape index (κ3) is 4.17. The van der Waals surface area contributed by atoms with Crippen molar-refractivity contribution in [2.45, 2.75) is 38.5 Å². The summed E-state index contributed by atoms with van der Waals surface area (Å²) in [6.07, 6.45) is 4.04. The highest BCUT2D eigenvalue weighted by Crippen LogP contribution is 2.33. The number of amides is 1. The van der Waals surface area contributed by atoms with Crippen LogP contribution >= 0.6 is 0 Å². The minimum absolute atomic E-state index is 0.0787. The van der Waals surface area contributed by atoms with Gasteiger partial charge in [-0.3, -0.25) is 9.59 Å². The zero-order chi connectivity index (χ0) is 18.0. The normalized spacial score (nSPS) is 24.5. The van der Waals surface area contributed by atoms with Crippen molar-refractivity contribution >= 4 is 11.9 Å². The van der Waals surface area contributed by atoms with Crippen molar-refractivity contribution < 1.29 is 23.5 Å². The molecule has 0 unspecified atom stereocenters. The summed E-state index contributed by atoms with van der Waals surface area (Å²) in [5.74, 6) is -2.58. The summed E-state index contributed by atoms with van der Waals surface area (Å²) >= 11 is 0. The zero-order valence-electron chi connectivity index (χ0n) is 14.1. The number of nitrogens with zero attached hydrogens (tertiary/aromatic N) is 1. The van der Waals surface area contributed by atoms with E-state index in [1.54, 1.807) is 6.07 Å². The second-order valence-corrected chi connectivity index (χ2v) is 7.27. The number of carboxylic acids is 1. The summed E-state index contributed by atoms with van der Waals surface area (Å²) in [6.45, 7) is 1.31. The first-order valence-electron chi connectivity index (χ1n) is 8.89. The molecule has 1 aliphatic heterocycles. The monoisotopic (exact) mass is 351 g/mol. The Morgan fingerprint density at radius 2 is 1.72 bits per heavy atom. The maximum Gasteiger partial charge on any atom is 0.306 e. The average Bonchev–Trinajstić information content (AvgIpc) is 3.09. The van der Waals surface area contributed by atoms with Crippen molar-refractivity contribution in [3.05, 3.63) is 35.4 Å². The number of carboxylic acid groups (broad SMARTS) is 1. The summed E-state index contributed by atoms with van der Waals surface area (Å²) in [4.78, 5) is 25.4. The molecule has 1 saturated heterocycles. The lowest BCUT2D eigenvalue weighted by Gasteiger charge is -2.33. The fraction of sp³-hybridized carbons (Fsp3) is 0.579. The van der Waals surface area contributed by atoms with Gasteiger partial charge in [0.25, 0.3) is 0 Å². The van der Waals surface area contributed by atoms with Gasteiger partial charge in [-0.15, -0.1) is 0 Å². The number of halogens is 2. The molecule has 0 spiro atoms. The van der Waals surface area contributed by atoms with Crippen LogP contribution in [0.2, 0.25) is 0 Å². The van der Waals surface area contributed by atoms with Crippen LogP contribution in [0.4, 0.5) is 8.78 Å². The van der Waals surface area contributed by atoms with E-state index < -0.39 is 17.6 Å². The minimum Gasteiger partial charge on any atom is -0.481 e. The molecular weight excluding hydrogens is 328 g/mol. The van der Waals surface area contributed by atoms with E-state index in [1.807, 2.05) is 4.90 Å². The summed E-state index contributed by atoms with van der Waals surface area (Å²) in [5.41, 5.74) is 0.781. The molecule has 2 atom stereocenters. The topological polar surface area (TPSA) is 57.6 Å². The van der Waals surface area contributed by atoms with E-state index in [1.165, 1.54) is 6.07 Å². The molecule has 1 aromatic carbocycles. The molecule has 1 aromatic rings. The van der Waals surface area contributed by atoms with E-state index in [0.717, 1.165) is 24.5 Å². The van der Waals surface area contributed by atoms with Crippen LogP contribution in [-0.4, -0.2) is 35.0 Å². The maximum atomic E-state index is 13.3. The minimum atomic E-state index is -0.833. The molecule has 6 heteroatoms. The maximum absolute atomic E-state index is 13.3.